The average molecular weight is 463 g/mol. The monoisotopic (exact) mass is 463 g/mol. The Morgan fingerprint density at radius 3 is 1.91 bits per heavy atom. The summed E-state index contributed by atoms with van der Waals surface area (Å²) in [5.41, 5.74) is -2.26. The summed E-state index contributed by atoms with van der Waals surface area (Å²) < 4.78 is 65.6. The molecule has 3 aromatic rings. The molecule has 164 valence electrons. The standard InChI is InChI=1S/C21H12F3NO6S/c22-21(23,24)10-5-7-11(8-6-10)25-32(30,31)15-9-14-16(20(29)19(15)28)18(27)13-4-2-1-3-12(13)17(14)26/h1-9,25,28-29H. The zero-order valence-electron chi connectivity index (χ0n) is 15.8. The number of benzene rings is 3. The summed E-state index contributed by atoms with van der Waals surface area (Å²) >= 11 is 0. The lowest BCUT2D eigenvalue weighted by molar-refractivity contribution is -0.137. The molecule has 0 unspecified atom stereocenters. The van der Waals surface area contributed by atoms with Gasteiger partial charge in [0, 0.05) is 22.4 Å². The molecule has 0 saturated heterocycles. The minimum absolute atomic E-state index is 0.00543. The summed E-state index contributed by atoms with van der Waals surface area (Å²) in [6, 6.07) is 9.48. The van der Waals surface area contributed by atoms with E-state index in [4.69, 9.17) is 0 Å². The number of nitrogens with one attached hydrogen (secondary N) is 1. The highest BCUT2D eigenvalue weighted by atomic mass is 32.2. The Kier molecular flexibility index (Phi) is 4.74. The van der Waals surface area contributed by atoms with Gasteiger partial charge >= 0.3 is 6.18 Å². The third kappa shape index (κ3) is 3.36. The number of phenolic OH excluding ortho intramolecular Hbond substituents is 2. The van der Waals surface area contributed by atoms with Crippen molar-refractivity contribution in [1.82, 2.24) is 0 Å². The van der Waals surface area contributed by atoms with E-state index in [1.807, 2.05) is 4.72 Å². The molecule has 0 radical (unpaired) electrons. The number of sulfonamides is 1. The van der Waals surface area contributed by atoms with Crippen LogP contribution in [-0.4, -0.2) is 30.2 Å². The first-order valence-electron chi connectivity index (χ1n) is 8.89. The molecule has 11 heteroatoms. The number of aromatic hydroxyl groups is 2. The Bertz CT molecular complexity index is 1400. The maximum absolute atomic E-state index is 12.8. The predicted molar refractivity (Wildman–Crippen MR) is 105 cm³/mol. The zero-order valence-corrected chi connectivity index (χ0v) is 16.6. The Balaban J connectivity index is 1.79. The van der Waals surface area contributed by atoms with Crippen molar-refractivity contribution in [2.45, 2.75) is 11.1 Å². The van der Waals surface area contributed by atoms with Gasteiger partial charge < -0.3 is 10.2 Å². The number of hydrogen-bond donors (Lipinski definition) is 3. The third-order valence-electron chi connectivity index (χ3n) is 4.88. The highest BCUT2D eigenvalue weighted by molar-refractivity contribution is 7.92. The van der Waals surface area contributed by atoms with Crippen LogP contribution in [-0.2, 0) is 16.2 Å². The van der Waals surface area contributed by atoms with Crippen LogP contribution >= 0.6 is 0 Å². The lowest BCUT2D eigenvalue weighted by Gasteiger charge is -2.20. The van der Waals surface area contributed by atoms with Crippen LogP contribution in [0.25, 0.3) is 0 Å². The highest BCUT2D eigenvalue weighted by Gasteiger charge is 2.36. The number of ketones is 2. The van der Waals surface area contributed by atoms with Crippen molar-refractivity contribution in [3.05, 3.63) is 82.4 Å². The number of fused-ring (bicyclic) bond motifs is 2. The molecular formula is C21H12F3NO6S. The minimum atomic E-state index is -4.67. The second-order valence-corrected chi connectivity index (χ2v) is 8.53. The van der Waals surface area contributed by atoms with Crippen LogP contribution in [0.4, 0.5) is 18.9 Å². The first-order valence-corrected chi connectivity index (χ1v) is 10.4. The van der Waals surface area contributed by atoms with Crippen LogP contribution in [0.5, 0.6) is 11.5 Å². The molecule has 0 bridgehead atoms. The normalized spacial score (nSPS) is 13.5. The van der Waals surface area contributed by atoms with Gasteiger partial charge in [-0.2, -0.15) is 13.2 Å². The van der Waals surface area contributed by atoms with Crippen LogP contribution < -0.4 is 4.72 Å². The van der Waals surface area contributed by atoms with Crippen molar-refractivity contribution in [2.75, 3.05) is 4.72 Å². The van der Waals surface area contributed by atoms with Crippen molar-refractivity contribution in [3.8, 4) is 11.5 Å². The quantitative estimate of drug-likeness (QED) is 0.399. The van der Waals surface area contributed by atoms with Gasteiger partial charge in [0.25, 0.3) is 10.0 Å². The Morgan fingerprint density at radius 2 is 1.34 bits per heavy atom. The maximum atomic E-state index is 12.8. The van der Waals surface area contributed by atoms with E-state index in [1.165, 1.54) is 24.3 Å². The van der Waals surface area contributed by atoms with E-state index in [0.29, 0.717) is 12.1 Å². The molecule has 7 nitrogen and oxygen atoms in total. The highest BCUT2D eigenvalue weighted by Crippen LogP contribution is 2.42. The number of anilines is 1. The third-order valence-corrected chi connectivity index (χ3v) is 6.28. The summed E-state index contributed by atoms with van der Waals surface area (Å²) in [7, 11) is -4.67. The lowest BCUT2D eigenvalue weighted by atomic mass is 9.83. The SMILES string of the molecule is O=C1c2ccccc2C(=O)c2c1cc(S(=O)(=O)Nc1ccc(C(F)(F)F)cc1)c(O)c2O. The van der Waals surface area contributed by atoms with E-state index in [-0.39, 0.29) is 16.8 Å². The molecule has 0 amide bonds. The van der Waals surface area contributed by atoms with Gasteiger partial charge in [0.1, 0.15) is 4.90 Å². The molecular weight excluding hydrogens is 451 g/mol. The Morgan fingerprint density at radius 1 is 0.781 bits per heavy atom. The van der Waals surface area contributed by atoms with Crippen LogP contribution in [0.15, 0.2) is 59.5 Å². The molecule has 0 atom stereocenters. The van der Waals surface area contributed by atoms with Crippen molar-refractivity contribution in [1.29, 1.82) is 0 Å². The van der Waals surface area contributed by atoms with Gasteiger partial charge in [-0.3, -0.25) is 14.3 Å². The van der Waals surface area contributed by atoms with E-state index >= 15 is 0 Å². The first kappa shape index (κ1) is 21.4. The van der Waals surface area contributed by atoms with Gasteiger partial charge in [0.15, 0.2) is 23.1 Å². The van der Waals surface area contributed by atoms with E-state index in [0.717, 1.165) is 18.2 Å². The molecule has 4 rings (SSSR count). The topological polar surface area (TPSA) is 121 Å². The molecule has 0 fully saturated rings. The zero-order chi connectivity index (χ0) is 23.4. The summed E-state index contributed by atoms with van der Waals surface area (Å²) in [5, 5.41) is 20.6. The van der Waals surface area contributed by atoms with Gasteiger partial charge in [0.2, 0.25) is 0 Å². The number of alkyl halides is 3. The molecule has 0 heterocycles. The first-order chi connectivity index (χ1) is 14.9. The number of carbonyl (C=O) groups is 2. The van der Waals surface area contributed by atoms with Crippen LogP contribution in [0.1, 0.15) is 37.4 Å². The summed E-state index contributed by atoms with van der Waals surface area (Å²) in [5.74, 6) is -3.79. The fourth-order valence-electron chi connectivity index (χ4n) is 3.34. The van der Waals surface area contributed by atoms with Crippen LogP contribution in [0, 0.1) is 0 Å². The molecule has 3 N–H and O–H groups in total. The van der Waals surface area contributed by atoms with Gasteiger partial charge in [-0.25, -0.2) is 8.42 Å². The molecule has 0 spiro atoms. The molecule has 1 aliphatic rings. The molecule has 1 aliphatic carbocycles. The van der Waals surface area contributed by atoms with Crippen molar-refractivity contribution in [2.24, 2.45) is 0 Å². The summed E-state index contributed by atoms with van der Waals surface area (Å²) in [6.07, 6.45) is -4.62. The van der Waals surface area contributed by atoms with Crippen molar-refractivity contribution < 1.29 is 41.4 Å². The molecule has 32 heavy (non-hydrogen) atoms. The maximum Gasteiger partial charge on any atom is 0.416 e. The van der Waals surface area contributed by atoms with Gasteiger partial charge in [-0.05, 0) is 30.3 Å². The van der Waals surface area contributed by atoms with Gasteiger partial charge in [-0.15, -0.1) is 0 Å². The summed E-state index contributed by atoms with van der Waals surface area (Å²) in [4.78, 5) is 24.6. The second kappa shape index (κ2) is 7.09. The van der Waals surface area contributed by atoms with Crippen molar-refractivity contribution in [3.63, 3.8) is 0 Å². The number of phenols is 2. The predicted octanol–water partition coefficient (Wildman–Crippen LogP) is 3.69. The van der Waals surface area contributed by atoms with Crippen LogP contribution in [0.2, 0.25) is 0 Å². The fourth-order valence-corrected chi connectivity index (χ4v) is 4.52. The molecule has 3 aromatic carbocycles. The number of carbonyl (C=O) groups excluding carboxylic acids is 2. The Hall–Kier alpha value is -3.86. The largest absolute Gasteiger partial charge is 0.504 e. The van der Waals surface area contributed by atoms with E-state index in [1.54, 1.807) is 0 Å². The number of rotatable bonds is 3. The fraction of sp³-hybridized carbons (Fsp3) is 0.0476. The summed E-state index contributed by atoms with van der Waals surface area (Å²) in [6.45, 7) is 0. The molecule has 0 saturated carbocycles. The minimum Gasteiger partial charge on any atom is -0.504 e. The Labute approximate surface area is 178 Å². The van der Waals surface area contributed by atoms with Crippen molar-refractivity contribution >= 4 is 27.3 Å². The van der Waals surface area contributed by atoms with E-state index < -0.39 is 60.9 Å². The van der Waals surface area contributed by atoms with Gasteiger partial charge in [0.05, 0.1) is 11.1 Å². The lowest BCUT2D eigenvalue weighted by Crippen LogP contribution is -2.22. The molecule has 0 aliphatic heterocycles. The number of hydrogen-bond acceptors (Lipinski definition) is 6. The average Bonchev–Trinajstić information content (AvgIpc) is 2.73. The molecule has 0 aromatic heterocycles. The van der Waals surface area contributed by atoms with E-state index in [2.05, 4.69) is 0 Å². The second-order valence-electron chi connectivity index (χ2n) is 6.88. The smallest absolute Gasteiger partial charge is 0.416 e. The van der Waals surface area contributed by atoms with Gasteiger partial charge in [-0.1, -0.05) is 24.3 Å². The van der Waals surface area contributed by atoms with Crippen LogP contribution in [0.3, 0.4) is 0 Å². The number of halogens is 3. The van der Waals surface area contributed by atoms with E-state index in [9.17, 15) is 41.4 Å².